The van der Waals surface area contributed by atoms with Crippen molar-refractivity contribution in [1.29, 1.82) is 0 Å². The predicted molar refractivity (Wildman–Crippen MR) is 69.1 cm³/mol. The molecule has 0 radical (unpaired) electrons. The van der Waals surface area contributed by atoms with Crippen LogP contribution < -0.4 is 0 Å². The van der Waals surface area contributed by atoms with Crippen LogP contribution >= 0.6 is 27.5 Å². The van der Waals surface area contributed by atoms with Crippen LogP contribution in [0.1, 0.15) is 36.4 Å². The zero-order valence-corrected chi connectivity index (χ0v) is 11.9. The SMILES string of the molecule is CCC(CC)N(CCBr)C(=O)c1cnns1. The molecule has 1 amide bonds. The zero-order valence-electron chi connectivity index (χ0n) is 9.52. The Morgan fingerprint density at radius 3 is 2.69 bits per heavy atom. The number of alkyl halides is 1. The van der Waals surface area contributed by atoms with Crippen LogP contribution in [-0.4, -0.2) is 38.3 Å². The van der Waals surface area contributed by atoms with E-state index in [0.29, 0.717) is 10.9 Å². The summed E-state index contributed by atoms with van der Waals surface area (Å²) in [6, 6.07) is 0.298. The highest BCUT2D eigenvalue weighted by atomic mass is 79.9. The summed E-state index contributed by atoms with van der Waals surface area (Å²) in [5.41, 5.74) is 0. The third kappa shape index (κ3) is 3.25. The number of hydrogen-bond donors (Lipinski definition) is 0. The van der Waals surface area contributed by atoms with E-state index in [1.54, 1.807) is 0 Å². The van der Waals surface area contributed by atoms with Gasteiger partial charge in [-0.1, -0.05) is 34.3 Å². The number of halogens is 1. The van der Waals surface area contributed by atoms with Gasteiger partial charge in [-0.3, -0.25) is 4.79 Å². The average Bonchev–Trinajstić information content (AvgIpc) is 2.82. The van der Waals surface area contributed by atoms with Crippen molar-refractivity contribution in [3.05, 3.63) is 11.1 Å². The second-order valence-electron chi connectivity index (χ2n) is 3.44. The maximum absolute atomic E-state index is 12.2. The largest absolute Gasteiger partial charge is 0.334 e. The molecule has 0 aliphatic heterocycles. The molecule has 0 unspecified atom stereocenters. The van der Waals surface area contributed by atoms with Gasteiger partial charge in [-0.25, -0.2) is 0 Å². The molecule has 1 heterocycles. The molecule has 1 rings (SSSR count). The maximum Gasteiger partial charge on any atom is 0.267 e. The number of nitrogens with zero attached hydrogens (tertiary/aromatic N) is 3. The van der Waals surface area contributed by atoms with Gasteiger partial charge in [-0.2, -0.15) is 0 Å². The molecule has 1 aromatic heterocycles. The molecule has 0 N–H and O–H groups in total. The van der Waals surface area contributed by atoms with Crippen LogP contribution in [0.15, 0.2) is 6.20 Å². The van der Waals surface area contributed by atoms with Gasteiger partial charge >= 0.3 is 0 Å². The van der Waals surface area contributed by atoms with Crippen LogP contribution in [0.5, 0.6) is 0 Å². The Morgan fingerprint density at radius 1 is 1.56 bits per heavy atom. The first-order chi connectivity index (χ1) is 7.74. The maximum atomic E-state index is 12.2. The van der Waals surface area contributed by atoms with Crippen molar-refractivity contribution in [2.75, 3.05) is 11.9 Å². The molecule has 0 aliphatic rings. The normalized spacial score (nSPS) is 10.8. The number of carbonyl (C=O) groups is 1. The average molecular weight is 306 g/mol. The van der Waals surface area contributed by atoms with E-state index < -0.39 is 0 Å². The minimum Gasteiger partial charge on any atom is -0.334 e. The first-order valence-corrected chi connectivity index (χ1v) is 7.28. The Kier molecular flexibility index (Phi) is 5.90. The fourth-order valence-electron chi connectivity index (χ4n) is 1.67. The molecular formula is C10H16BrN3OS. The second-order valence-corrected chi connectivity index (χ2v) is 5.02. The lowest BCUT2D eigenvalue weighted by Gasteiger charge is -2.29. The quantitative estimate of drug-likeness (QED) is 0.759. The van der Waals surface area contributed by atoms with Crippen molar-refractivity contribution < 1.29 is 4.79 Å². The monoisotopic (exact) mass is 305 g/mol. The minimum atomic E-state index is 0.0446. The Morgan fingerprint density at radius 2 is 2.25 bits per heavy atom. The van der Waals surface area contributed by atoms with Crippen molar-refractivity contribution in [3.8, 4) is 0 Å². The topological polar surface area (TPSA) is 46.1 Å². The van der Waals surface area contributed by atoms with Crippen LogP contribution in [0.2, 0.25) is 0 Å². The lowest BCUT2D eigenvalue weighted by molar-refractivity contribution is 0.0687. The lowest BCUT2D eigenvalue weighted by Crippen LogP contribution is -2.40. The van der Waals surface area contributed by atoms with Crippen molar-refractivity contribution in [3.63, 3.8) is 0 Å². The molecule has 16 heavy (non-hydrogen) atoms. The van der Waals surface area contributed by atoms with Crippen LogP contribution in [0.25, 0.3) is 0 Å². The van der Waals surface area contributed by atoms with Gasteiger partial charge in [0.25, 0.3) is 5.91 Å². The molecule has 6 heteroatoms. The number of aromatic nitrogens is 2. The number of rotatable bonds is 6. The van der Waals surface area contributed by atoms with Gasteiger partial charge < -0.3 is 4.90 Å². The standard InChI is InChI=1S/C10H16BrN3OS/c1-3-8(4-2)14(6-5-11)10(15)9-7-12-13-16-9/h7-8H,3-6H2,1-2H3. The zero-order chi connectivity index (χ0) is 12.0. The van der Waals surface area contributed by atoms with Crippen LogP contribution in [0.4, 0.5) is 0 Å². The fraction of sp³-hybridized carbons (Fsp3) is 0.700. The van der Waals surface area contributed by atoms with Crippen LogP contribution in [-0.2, 0) is 0 Å². The van der Waals surface area contributed by atoms with Gasteiger partial charge in [0.2, 0.25) is 0 Å². The van der Waals surface area contributed by atoms with E-state index in [-0.39, 0.29) is 5.91 Å². The molecule has 0 aliphatic carbocycles. The summed E-state index contributed by atoms with van der Waals surface area (Å²) >= 11 is 4.54. The van der Waals surface area contributed by atoms with E-state index in [9.17, 15) is 4.79 Å². The molecule has 0 aromatic carbocycles. The molecule has 1 aromatic rings. The van der Waals surface area contributed by atoms with Gasteiger partial charge in [0.05, 0.1) is 6.20 Å². The van der Waals surface area contributed by atoms with Crippen molar-refractivity contribution in [2.45, 2.75) is 32.7 Å². The summed E-state index contributed by atoms with van der Waals surface area (Å²) in [4.78, 5) is 14.7. The Bertz CT molecular complexity index is 314. The third-order valence-corrected chi connectivity index (χ3v) is 3.55. The molecule has 0 saturated carbocycles. The molecule has 0 saturated heterocycles. The van der Waals surface area contributed by atoms with Crippen molar-refractivity contribution in [2.24, 2.45) is 0 Å². The molecule has 0 fully saturated rings. The van der Waals surface area contributed by atoms with Gasteiger partial charge in [0.15, 0.2) is 0 Å². The van der Waals surface area contributed by atoms with Gasteiger partial charge in [0, 0.05) is 17.9 Å². The lowest BCUT2D eigenvalue weighted by atomic mass is 10.1. The molecule has 0 atom stereocenters. The second kappa shape index (κ2) is 6.96. The smallest absolute Gasteiger partial charge is 0.267 e. The minimum absolute atomic E-state index is 0.0446. The van der Waals surface area contributed by atoms with E-state index in [1.807, 2.05) is 4.90 Å². The third-order valence-electron chi connectivity index (χ3n) is 2.54. The van der Waals surface area contributed by atoms with E-state index in [4.69, 9.17) is 0 Å². The Labute approximate surface area is 108 Å². The highest BCUT2D eigenvalue weighted by molar-refractivity contribution is 9.09. The molecule has 90 valence electrons. The summed E-state index contributed by atoms with van der Waals surface area (Å²) in [6.07, 6.45) is 3.49. The summed E-state index contributed by atoms with van der Waals surface area (Å²) in [6.45, 7) is 4.93. The Hall–Kier alpha value is -0.490. The van der Waals surface area contributed by atoms with E-state index in [2.05, 4.69) is 39.4 Å². The Balaban J connectivity index is 2.80. The fourth-order valence-corrected chi connectivity index (χ4v) is 2.53. The first kappa shape index (κ1) is 13.6. The highest BCUT2D eigenvalue weighted by Gasteiger charge is 2.23. The number of hydrogen-bond acceptors (Lipinski definition) is 4. The van der Waals surface area contributed by atoms with Crippen molar-refractivity contribution >= 4 is 33.4 Å². The molecule has 4 nitrogen and oxygen atoms in total. The molecule has 0 spiro atoms. The van der Waals surface area contributed by atoms with Gasteiger partial charge in [0.1, 0.15) is 4.88 Å². The van der Waals surface area contributed by atoms with E-state index in [0.717, 1.165) is 36.2 Å². The molecular weight excluding hydrogens is 290 g/mol. The van der Waals surface area contributed by atoms with Crippen LogP contribution in [0.3, 0.4) is 0 Å². The molecule has 0 bridgehead atoms. The summed E-state index contributed by atoms with van der Waals surface area (Å²) in [7, 11) is 0. The summed E-state index contributed by atoms with van der Waals surface area (Å²) in [5, 5.41) is 4.50. The number of amides is 1. The van der Waals surface area contributed by atoms with E-state index in [1.165, 1.54) is 6.20 Å². The first-order valence-electron chi connectivity index (χ1n) is 5.38. The predicted octanol–water partition coefficient (Wildman–Crippen LogP) is 2.56. The van der Waals surface area contributed by atoms with Crippen LogP contribution in [0, 0.1) is 0 Å². The van der Waals surface area contributed by atoms with Gasteiger partial charge in [-0.15, -0.1) is 5.10 Å². The van der Waals surface area contributed by atoms with Crippen molar-refractivity contribution in [1.82, 2.24) is 14.5 Å². The number of carbonyl (C=O) groups excluding carboxylic acids is 1. The summed E-state index contributed by atoms with van der Waals surface area (Å²) < 4.78 is 3.73. The van der Waals surface area contributed by atoms with Gasteiger partial charge in [-0.05, 0) is 24.4 Å². The summed E-state index contributed by atoms with van der Waals surface area (Å²) in [5.74, 6) is 0.0446. The van der Waals surface area contributed by atoms with E-state index >= 15 is 0 Å². The highest BCUT2D eigenvalue weighted by Crippen LogP contribution is 2.15.